The number of carbonyl (C=O) groups excluding carboxylic acids is 3. The topological polar surface area (TPSA) is 135 Å². The molecule has 1 aliphatic carbocycles. The summed E-state index contributed by atoms with van der Waals surface area (Å²) in [6.07, 6.45) is 12.9. The number of ether oxygens (including phenoxy) is 6. The first-order valence-electron chi connectivity index (χ1n) is 18.0. The number of hydrogen-bond acceptors (Lipinski definition) is 11. The molecule has 12 nitrogen and oxygen atoms in total. The van der Waals surface area contributed by atoms with Gasteiger partial charge in [0.1, 0.15) is 12.6 Å². The number of hydrogen-bond donors (Lipinski definition) is 1. The quantitative estimate of drug-likeness (QED) is 0.178. The molecule has 296 valence electrons. The van der Waals surface area contributed by atoms with Gasteiger partial charge in [0, 0.05) is 79.2 Å². The van der Waals surface area contributed by atoms with Crippen molar-refractivity contribution < 1.29 is 42.8 Å². The molecule has 1 aromatic rings. The fourth-order valence-electron chi connectivity index (χ4n) is 3.47. The molecule has 1 aromatic heterocycles. The summed E-state index contributed by atoms with van der Waals surface area (Å²) in [5, 5.41) is 2.94. The van der Waals surface area contributed by atoms with Crippen LogP contribution >= 0.6 is 0 Å². The number of rotatable bonds is 15. The molecule has 1 N–H and O–H groups in total. The highest BCUT2D eigenvalue weighted by atomic mass is 16.5. The van der Waals surface area contributed by atoms with Gasteiger partial charge in [-0.1, -0.05) is 39.2 Å². The lowest BCUT2D eigenvalue weighted by atomic mass is 9.98. The van der Waals surface area contributed by atoms with Crippen molar-refractivity contribution in [1.82, 2.24) is 15.2 Å². The number of nitrogens with zero attached hydrogens (tertiary/aromatic N) is 2. The maximum atomic E-state index is 10.7. The largest absolute Gasteiger partial charge is 0.385 e. The molecular weight excluding hydrogens is 642 g/mol. The smallest absolute Gasteiger partial charge is 0.223 e. The Balaban J connectivity index is -0.000000272. The van der Waals surface area contributed by atoms with E-state index >= 15 is 0 Å². The normalized spacial score (nSPS) is 14.9. The van der Waals surface area contributed by atoms with Crippen LogP contribution in [0, 0.1) is 5.92 Å². The van der Waals surface area contributed by atoms with Crippen LogP contribution in [0.4, 0.5) is 0 Å². The van der Waals surface area contributed by atoms with Gasteiger partial charge in [-0.15, -0.1) is 0 Å². The first kappa shape index (κ1) is 54.5. The second-order valence-corrected chi connectivity index (χ2v) is 11.7. The Kier molecular flexibility index (Phi) is 48.7. The molecule has 1 aliphatic heterocycles. The van der Waals surface area contributed by atoms with Gasteiger partial charge in [-0.3, -0.25) is 9.78 Å². The van der Waals surface area contributed by atoms with E-state index in [9.17, 15) is 14.4 Å². The molecule has 2 fully saturated rings. The second kappa shape index (κ2) is 44.7. The number of likely N-dealkylation sites (tertiary alicyclic amines) is 1. The number of methoxy groups -OCH3 is 3. The number of aldehydes is 2. The second-order valence-electron chi connectivity index (χ2n) is 11.7. The Hall–Kier alpha value is -2.32. The maximum Gasteiger partial charge on any atom is 0.223 e. The first-order valence-corrected chi connectivity index (χ1v) is 18.0. The molecule has 2 heterocycles. The van der Waals surface area contributed by atoms with Crippen molar-refractivity contribution in [2.24, 2.45) is 5.92 Å². The molecule has 0 aromatic carbocycles. The number of carbonyl (C=O) groups is 3. The highest BCUT2D eigenvalue weighted by molar-refractivity contribution is 5.82. The van der Waals surface area contributed by atoms with Crippen molar-refractivity contribution >= 4 is 18.5 Å². The molecule has 1 amide bonds. The van der Waals surface area contributed by atoms with Crippen molar-refractivity contribution in [3.63, 3.8) is 0 Å². The van der Waals surface area contributed by atoms with Crippen LogP contribution in [-0.2, 0) is 42.8 Å². The van der Waals surface area contributed by atoms with E-state index in [2.05, 4.69) is 15.0 Å². The van der Waals surface area contributed by atoms with Crippen LogP contribution in [0.3, 0.4) is 0 Å². The van der Waals surface area contributed by atoms with Crippen LogP contribution in [0.5, 0.6) is 0 Å². The van der Waals surface area contributed by atoms with Gasteiger partial charge in [-0.25, -0.2) is 0 Å². The Labute approximate surface area is 305 Å². The van der Waals surface area contributed by atoms with E-state index in [1.807, 2.05) is 66.8 Å². The molecular formula is C38H75N3O9. The minimum atomic E-state index is -0.0532. The predicted octanol–water partition coefficient (Wildman–Crippen LogP) is 5.67. The minimum absolute atomic E-state index is 0.0417. The summed E-state index contributed by atoms with van der Waals surface area (Å²) in [5.74, 6) is 0.0228. The Bertz CT molecular complexity index is 761. The number of nitrogens with one attached hydrogen (secondary N) is 1. The van der Waals surface area contributed by atoms with Gasteiger partial charge in [0.2, 0.25) is 5.91 Å². The summed E-state index contributed by atoms with van der Waals surface area (Å²) in [5.41, 5.74) is 0.0417. The van der Waals surface area contributed by atoms with Crippen molar-refractivity contribution in [1.29, 1.82) is 0 Å². The lowest BCUT2D eigenvalue weighted by Gasteiger charge is -2.21. The van der Waals surface area contributed by atoms with E-state index in [0.717, 1.165) is 32.3 Å². The minimum Gasteiger partial charge on any atom is -0.385 e. The van der Waals surface area contributed by atoms with Gasteiger partial charge >= 0.3 is 0 Å². The summed E-state index contributed by atoms with van der Waals surface area (Å²) in [6.45, 7) is 18.1. The molecule has 1 saturated carbocycles. The molecule has 1 unspecified atom stereocenters. The van der Waals surface area contributed by atoms with Crippen molar-refractivity contribution in [2.45, 2.75) is 98.2 Å². The van der Waals surface area contributed by atoms with Crippen molar-refractivity contribution in [3.8, 4) is 0 Å². The van der Waals surface area contributed by atoms with Crippen LogP contribution in [0.25, 0.3) is 0 Å². The number of amides is 1. The molecule has 3 rings (SSSR count). The number of aromatic nitrogens is 1. The van der Waals surface area contributed by atoms with Gasteiger partial charge in [0.25, 0.3) is 0 Å². The van der Waals surface area contributed by atoms with Crippen LogP contribution < -0.4 is 5.32 Å². The fraction of sp³-hybridized carbons (Fsp3) is 0.789. The average molecular weight is 718 g/mol. The van der Waals surface area contributed by atoms with Crippen molar-refractivity contribution in [3.05, 3.63) is 30.6 Å². The molecule has 1 saturated heterocycles. The van der Waals surface area contributed by atoms with Gasteiger partial charge in [0.05, 0.1) is 51.3 Å². The highest BCUT2D eigenvalue weighted by Crippen LogP contribution is 2.19. The van der Waals surface area contributed by atoms with E-state index < -0.39 is 0 Å². The zero-order valence-corrected chi connectivity index (χ0v) is 33.6. The van der Waals surface area contributed by atoms with Gasteiger partial charge < -0.3 is 48.2 Å². The summed E-state index contributed by atoms with van der Waals surface area (Å²) < 4.78 is 30.5. The molecule has 0 bridgehead atoms. The van der Waals surface area contributed by atoms with Crippen molar-refractivity contribution in [2.75, 3.05) is 94.8 Å². The van der Waals surface area contributed by atoms with Crippen LogP contribution in [-0.4, -0.2) is 135 Å². The third kappa shape index (κ3) is 47.8. The van der Waals surface area contributed by atoms with Crippen LogP contribution in [0.2, 0.25) is 0 Å². The summed E-state index contributed by atoms with van der Waals surface area (Å²) >= 11 is 0. The van der Waals surface area contributed by atoms with E-state index in [1.165, 1.54) is 32.1 Å². The average Bonchev–Trinajstić information content (AvgIpc) is 3.49. The van der Waals surface area contributed by atoms with E-state index in [1.54, 1.807) is 45.7 Å². The first-order chi connectivity index (χ1) is 24.1. The maximum absolute atomic E-state index is 10.7. The van der Waals surface area contributed by atoms with Gasteiger partial charge in [-0.2, -0.15) is 0 Å². The Morgan fingerprint density at radius 1 is 0.880 bits per heavy atom. The molecule has 0 radical (unpaired) electrons. The standard InChI is InChI=1S/C13H24O4.C6H9NO2.C5H5N.C5H12O.C4H11NO.C3H8O.C2H6/c14-7-4-8-15-9-10-16-11-12-17-13-5-2-1-3-6-13;1-7-3-5(4-8)2-6(7)9;1-2-4-6-5-3-1;1-5(2,3)6-4;1-5-3-4-6-2;1-3-4-2;1-2/h7,13H,1-6,8-12H2;4-5H,2-3H2,1H3;1-5H;1-4H3;5H,3-4H2,1-2H3;3H2,1-2H3;1-2H3. The molecule has 12 heteroatoms. The van der Waals surface area contributed by atoms with E-state index in [0.29, 0.717) is 58.5 Å². The van der Waals surface area contributed by atoms with Crippen LogP contribution in [0.1, 0.15) is 86.5 Å². The lowest BCUT2D eigenvalue weighted by molar-refractivity contribution is -0.126. The predicted molar refractivity (Wildman–Crippen MR) is 203 cm³/mol. The molecule has 50 heavy (non-hydrogen) atoms. The van der Waals surface area contributed by atoms with E-state index in [4.69, 9.17) is 23.7 Å². The van der Waals surface area contributed by atoms with Gasteiger partial charge in [0.15, 0.2) is 0 Å². The van der Waals surface area contributed by atoms with Gasteiger partial charge in [-0.05, 0) is 59.7 Å². The fourth-order valence-corrected chi connectivity index (χ4v) is 3.47. The third-order valence-electron chi connectivity index (χ3n) is 6.47. The summed E-state index contributed by atoms with van der Waals surface area (Å²) in [7, 11) is 8.70. The summed E-state index contributed by atoms with van der Waals surface area (Å²) in [6, 6.07) is 5.72. The third-order valence-corrected chi connectivity index (χ3v) is 6.47. The zero-order chi connectivity index (χ0) is 38.7. The Morgan fingerprint density at radius 2 is 1.42 bits per heavy atom. The lowest BCUT2D eigenvalue weighted by Crippen LogP contribution is -2.19. The molecule has 1 atom stereocenters. The Morgan fingerprint density at radius 3 is 1.74 bits per heavy atom. The zero-order valence-electron chi connectivity index (χ0n) is 33.6. The highest BCUT2D eigenvalue weighted by Gasteiger charge is 2.25. The van der Waals surface area contributed by atoms with E-state index in [-0.39, 0.29) is 17.4 Å². The number of likely N-dealkylation sites (N-methyl/N-ethyl adjacent to an activating group) is 1. The SMILES string of the molecule is CC.CCOC.CN1CC(C=O)CC1=O.CNCCOC.COC(C)(C)C.O=CCCOCCOCCOC1CCCCC1.c1ccncc1. The number of pyridine rings is 1. The molecule has 2 aliphatic rings. The van der Waals surface area contributed by atoms with Crippen LogP contribution in [0.15, 0.2) is 30.6 Å². The monoisotopic (exact) mass is 718 g/mol. The molecule has 0 spiro atoms. The summed E-state index contributed by atoms with van der Waals surface area (Å²) in [4.78, 5) is 36.2.